The molecule has 1 N–H and O–H groups in total. The predicted molar refractivity (Wildman–Crippen MR) is 66.4 cm³/mol. The number of ether oxygens (including phenoxy) is 1. The number of allylic oxidation sites excluding steroid dienone is 1. The minimum absolute atomic E-state index is 0.0635. The lowest BCUT2D eigenvalue weighted by molar-refractivity contribution is 0.0604. The summed E-state index contributed by atoms with van der Waals surface area (Å²) in [4.78, 5) is 0. The Morgan fingerprint density at radius 1 is 1.31 bits per heavy atom. The van der Waals surface area contributed by atoms with Gasteiger partial charge in [-0.25, -0.2) is 0 Å². The molecule has 1 aromatic carbocycles. The van der Waals surface area contributed by atoms with Gasteiger partial charge in [0.25, 0.3) is 0 Å². The molecular formula is C14H20O2. The normalized spacial score (nSPS) is 15.2. The fraction of sp³-hybridized carbons (Fsp3) is 0.429. The van der Waals surface area contributed by atoms with E-state index in [4.69, 9.17) is 4.74 Å². The van der Waals surface area contributed by atoms with Crippen molar-refractivity contribution in [1.82, 2.24) is 0 Å². The summed E-state index contributed by atoms with van der Waals surface area (Å²) in [5.41, 5.74) is 1.24. The third-order valence-electron chi connectivity index (χ3n) is 2.56. The first-order valence-electron chi connectivity index (χ1n) is 5.64. The van der Waals surface area contributed by atoms with Crippen molar-refractivity contribution >= 4 is 0 Å². The Bertz CT molecular complexity index is 306. The number of aliphatic hydroxyl groups excluding tert-OH is 1. The zero-order chi connectivity index (χ0) is 11.8. The van der Waals surface area contributed by atoms with E-state index in [9.17, 15) is 5.11 Å². The molecule has 0 heterocycles. The van der Waals surface area contributed by atoms with Gasteiger partial charge < -0.3 is 9.84 Å². The van der Waals surface area contributed by atoms with Crippen LogP contribution in [-0.2, 0) is 11.2 Å². The van der Waals surface area contributed by atoms with Crippen LogP contribution in [0.1, 0.15) is 18.9 Å². The van der Waals surface area contributed by atoms with Crippen LogP contribution in [0.15, 0.2) is 42.5 Å². The maximum Gasteiger partial charge on any atom is 0.0745 e. The first kappa shape index (κ1) is 12.9. The Morgan fingerprint density at radius 2 is 2.00 bits per heavy atom. The molecule has 0 unspecified atom stereocenters. The van der Waals surface area contributed by atoms with Crippen LogP contribution >= 0.6 is 0 Å². The topological polar surface area (TPSA) is 29.5 Å². The van der Waals surface area contributed by atoms with Gasteiger partial charge in [-0.3, -0.25) is 0 Å². The van der Waals surface area contributed by atoms with Crippen molar-refractivity contribution in [3.05, 3.63) is 48.0 Å². The van der Waals surface area contributed by atoms with E-state index in [2.05, 4.69) is 12.1 Å². The zero-order valence-corrected chi connectivity index (χ0v) is 9.97. The van der Waals surface area contributed by atoms with E-state index in [1.165, 1.54) is 5.56 Å². The molecule has 0 aliphatic carbocycles. The molecule has 1 rings (SSSR count). The minimum Gasteiger partial charge on any atom is -0.389 e. The molecule has 0 aliphatic heterocycles. The number of hydrogen-bond donors (Lipinski definition) is 1. The van der Waals surface area contributed by atoms with Gasteiger partial charge in [0.05, 0.1) is 12.2 Å². The molecule has 16 heavy (non-hydrogen) atoms. The number of aliphatic hydroxyl groups is 1. The summed E-state index contributed by atoms with van der Waals surface area (Å²) in [5, 5.41) is 9.66. The van der Waals surface area contributed by atoms with E-state index in [-0.39, 0.29) is 6.10 Å². The van der Waals surface area contributed by atoms with E-state index < -0.39 is 6.10 Å². The number of hydrogen-bond acceptors (Lipinski definition) is 2. The van der Waals surface area contributed by atoms with E-state index in [0.717, 1.165) is 6.42 Å². The summed E-state index contributed by atoms with van der Waals surface area (Å²) in [7, 11) is 1.69. The van der Waals surface area contributed by atoms with Crippen molar-refractivity contribution in [2.24, 2.45) is 0 Å². The SMILES string of the molecule is C/C=C/[C@@H](O)C[C@H](Cc1ccccc1)OC. The van der Waals surface area contributed by atoms with Crippen LogP contribution < -0.4 is 0 Å². The molecule has 0 bridgehead atoms. The number of methoxy groups -OCH3 is 1. The Hall–Kier alpha value is -1.12. The largest absolute Gasteiger partial charge is 0.389 e. The van der Waals surface area contributed by atoms with Gasteiger partial charge in [0.1, 0.15) is 0 Å². The lowest BCUT2D eigenvalue weighted by Gasteiger charge is -2.17. The third-order valence-corrected chi connectivity index (χ3v) is 2.56. The van der Waals surface area contributed by atoms with E-state index in [1.54, 1.807) is 13.2 Å². The summed E-state index contributed by atoms with van der Waals surface area (Å²) in [6.07, 6.45) is 4.77. The van der Waals surface area contributed by atoms with Gasteiger partial charge in [-0.15, -0.1) is 0 Å². The van der Waals surface area contributed by atoms with Crippen LogP contribution in [0, 0.1) is 0 Å². The molecular weight excluding hydrogens is 200 g/mol. The fourth-order valence-electron chi connectivity index (χ4n) is 1.71. The van der Waals surface area contributed by atoms with Crippen molar-refractivity contribution in [3.63, 3.8) is 0 Å². The molecule has 0 aliphatic rings. The number of benzene rings is 1. The van der Waals surface area contributed by atoms with Crippen molar-refractivity contribution in [1.29, 1.82) is 0 Å². The number of rotatable bonds is 6. The molecule has 2 heteroatoms. The summed E-state index contributed by atoms with van der Waals surface area (Å²) in [6.45, 7) is 1.90. The highest BCUT2D eigenvalue weighted by atomic mass is 16.5. The van der Waals surface area contributed by atoms with Gasteiger partial charge in [-0.2, -0.15) is 0 Å². The molecule has 0 amide bonds. The molecule has 0 saturated carbocycles. The Balaban J connectivity index is 2.49. The molecule has 0 fully saturated rings. The van der Waals surface area contributed by atoms with Crippen LogP contribution in [0.3, 0.4) is 0 Å². The molecule has 0 spiro atoms. The minimum atomic E-state index is -0.418. The second-order valence-corrected chi connectivity index (χ2v) is 3.88. The van der Waals surface area contributed by atoms with Gasteiger partial charge in [-0.05, 0) is 18.9 Å². The second kappa shape index (κ2) is 7.20. The van der Waals surface area contributed by atoms with Crippen molar-refractivity contribution < 1.29 is 9.84 Å². The second-order valence-electron chi connectivity index (χ2n) is 3.88. The summed E-state index contributed by atoms with van der Waals surface area (Å²) in [6, 6.07) is 10.2. The van der Waals surface area contributed by atoms with Crippen LogP contribution in [0.4, 0.5) is 0 Å². The highest BCUT2D eigenvalue weighted by Gasteiger charge is 2.12. The van der Waals surface area contributed by atoms with Crippen LogP contribution in [0.5, 0.6) is 0 Å². The smallest absolute Gasteiger partial charge is 0.0745 e. The quantitative estimate of drug-likeness (QED) is 0.747. The van der Waals surface area contributed by atoms with E-state index >= 15 is 0 Å². The van der Waals surface area contributed by atoms with Crippen LogP contribution in [-0.4, -0.2) is 24.4 Å². The summed E-state index contributed by atoms with van der Waals surface area (Å²) in [5.74, 6) is 0. The molecule has 2 nitrogen and oxygen atoms in total. The average Bonchev–Trinajstić information content (AvgIpc) is 2.30. The van der Waals surface area contributed by atoms with Crippen LogP contribution in [0.25, 0.3) is 0 Å². The van der Waals surface area contributed by atoms with Gasteiger partial charge in [0.15, 0.2) is 0 Å². The Morgan fingerprint density at radius 3 is 2.56 bits per heavy atom. The van der Waals surface area contributed by atoms with Gasteiger partial charge in [0.2, 0.25) is 0 Å². The van der Waals surface area contributed by atoms with Crippen LogP contribution in [0.2, 0.25) is 0 Å². The standard InChI is InChI=1S/C14H20O2/c1-3-7-13(15)11-14(16-2)10-12-8-5-4-6-9-12/h3-9,13-15H,10-11H2,1-2H3/b7-3+/t13-,14+/m1/s1. The lowest BCUT2D eigenvalue weighted by Crippen LogP contribution is -2.20. The molecule has 2 atom stereocenters. The Labute approximate surface area is 97.6 Å². The molecule has 0 aromatic heterocycles. The molecule has 88 valence electrons. The average molecular weight is 220 g/mol. The van der Waals surface area contributed by atoms with Gasteiger partial charge >= 0.3 is 0 Å². The third kappa shape index (κ3) is 4.60. The maximum atomic E-state index is 9.66. The lowest BCUT2D eigenvalue weighted by atomic mass is 10.0. The zero-order valence-electron chi connectivity index (χ0n) is 9.97. The molecule has 1 aromatic rings. The van der Waals surface area contributed by atoms with Crippen molar-refractivity contribution in [2.75, 3.05) is 7.11 Å². The Kier molecular flexibility index (Phi) is 5.83. The van der Waals surface area contributed by atoms with E-state index in [1.807, 2.05) is 31.2 Å². The molecule has 0 saturated heterocycles. The summed E-state index contributed by atoms with van der Waals surface area (Å²) >= 11 is 0. The van der Waals surface area contributed by atoms with E-state index in [0.29, 0.717) is 6.42 Å². The highest BCUT2D eigenvalue weighted by Crippen LogP contribution is 2.11. The first-order chi connectivity index (χ1) is 7.76. The van der Waals surface area contributed by atoms with Gasteiger partial charge in [0, 0.05) is 13.5 Å². The molecule has 0 radical (unpaired) electrons. The fourth-order valence-corrected chi connectivity index (χ4v) is 1.71. The van der Waals surface area contributed by atoms with Gasteiger partial charge in [-0.1, -0.05) is 42.5 Å². The monoisotopic (exact) mass is 220 g/mol. The first-order valence-corrected chi connectivity index (χ1v) is 5.64. The highest BCUT2D eigenvalue weighted by molar-refractivity contribution is 5.15. The van der Waals surface area contributed by atoms with Crippen molar-refractivity contribution in [3.8, 4) is 0 Å². The predicted octanol–water partition coefficient (Wildman–Crippen LogP) is 2.57. The summed E-state index contributed by atoms with van der Waals surface area (Å²) < 4.78 is 5.38. The maximum absolute atomic E-state index is 9.66. The van der Waals surface area contributed by atoms with Crippen molar-refractivity contribution in [2.45, 2.75) is 32.0 Å².